The number of hydrogen-bond donors (Lipinski definition) is 1. The Morgan fingerprint density at radius 2 is 2.17 bits per heavy atom. The predicted molar refractivity (Wildman–Crippen MR) is 80.8 cm³/mol. The normalized spacial score (nSPS) is 20.1. The minimum atomic E-state index is -0.252. The Morgan fingerprint density at radius 3 is 2.67 bits per heavy atom. The van der Waals surface area contributed by atoms with Gasteiger partial charge >= 0.3 is 0 Å². The fourth-order valence-electron chi connectivity index (χ4n) is 2.02. The lowest BCUT2D eigenvalue weighted by molar-refractivity contribution is 0.367. The van der Waals surface area contributed by atoms with Crippen molar-refractivity contribution in [2.45, 2.75) is 70.9 Å². The second-order valence-electron chi connectivity index (χ2n) is 5.66. The van der Waals surface area contributed by atoms with Crippen molar-refractivity contribution >= 4 is 11.8 Å². The monoisotopic (exact) mass is 268 g/mol. The summed E-state index contributed by atoms with van der Waals surface area (Å²) in [5.41, 5.74) is -0.252. The van der Waals surface area contributed by atoms with Crippen LogP contribution < -0.4 is 5.32 Å². The molecule has 1 aliphatic rings. The van der Waals surface area contributed by atoms with Gasteiger partial charge in [-0.2, -0.15) is 17.0 Å². The lowest BCUT2D eigenvalue weighted by atomic mass is 9.92. The summed E-state index contributed by atoms with van der Waals surface area (Å²) in [5.74, 6) is 3.28. The van der Waals surface area contributed by atoms with Crippen LogP contribution >= 0.6 is 11.8 Å². The summed E-state index contributed by atoms with van der Waals surface area (Å²) in [4.78, 5) is 0. The van der Waals surface area contributed by atoms with Gasteiger partial charge in [-0.05, 0) is 49.5 Å². The maximum Gasteiger partial charge on any atom is 0.106 e. The van der Waals surface area contributed by atoms with Crippen molar-refractivity contribution in [2.75, 3.05) is 11.5 Å². The van der Waals surface area contributed by atoms with Crippen LogP contribution in [-0.4, -0.2) is 23.1 Å². The summed E-state index contributed by atoms with van der Waals surface area (Å²) in [6.07, 6.45) is 6.87. The molecule has 18 heavy (non-hydrogen) atoms. The topological polar surface area (TPSA) is 35.8 Å². The molecule has 0 bridgehead atoms. The molecule has 0 heterocycles. The van der Waals surface area contributed by atoms with E-state index in [0.717, 1.165) is 25.2 Å². The average molecular weight is 268 g/mol. The van der Waals surface area contributed by atoms with Crippen LogP contribution in [0.2, 0.25) is 0 Å². The molecule has 3 heteroatoms. The van der Waals surface area contributed by atoms with Gasteiger partial charge in [0.15, 0.2) is 0 Å². The molecule has 0 aromatic carbocycles. The second-order valence-corrected chi connectivity index (χ2v) is 6.81. The largest absolute Gasteiger partial charge is 0.297 e. The van der Waals surface area contributed by atoms with Gasteiger partial charge in [0.05, 0.1) is 6.07 Å². The van der Waals surface area contributed by atoms with Gasteiger partial charge in [-0.15, -0.1) is 0 Å². The molecule has 2 nitrogen and oxygen atoms in total. The van der Waals surface area contributed by atoms with E-state index in [-0.39, 0.29) is 5.54 Å². The molecule has 1 aliphatic carbocycles. The lowest BCUT2D eigenvalue weighted by Crippen LogP contribution is -2.44. The summed E-state index contributed by atoms with van der Waals surface area (Å²) in [6, 6.07) is 3.15. The van der Waals surface area contributed by atoms with Crippen molar-refractivity contribution in [3.05, 3.63) is 0 Å². The van der Waals surface area contributed by atoms with E-state index in [2.05, 4.69) is 32.2 Å². The smallest absolute Gasteiger partial charge is 0.106 e. The van der Waals surface area contributed by atoms with E-state index in [9.17, 15) is 5.26 Å². The summed E-state index contributed by atoms with van der Waals surface area (Å²) in [5, 5.41) is 13.0. The maximum absolute atomic E-state index is 9.42. The van der Waals surface area contributed by atoms with E-state index in [1.807, 2.05) is 11.8 Å². The molecule has 0 aliphatic heterocycles. The zero-order chi connectivity index (χ0) is 13.4. The molecular weight excluding hydrogens is 240 g/mol. The molecule has 2 unspecified atom stereocenters. The number of nitrogens with one attached hydrogen (secondary N) is 1. The van der Waals surface area contributed by atoms with Gasteiger partial charge in [0.2, 0.25) is 0 Å². The number of thioether (sulfide) groups is 1. The Balaban J connectivity index is 2.19. The van der Waals surface area contributed by atoms with E-state index >= 15 is 0 Å². The minimum Gasteiger partial charge on any atom is -0.297 e. The van der Waals surface area contributed by atoms with Gasteiger partial charge in [-0.25, -0.2) is 0 Å². The zero-order valence-corrected chi connectivity index (χ0v) is 13.0. The Hall–Kier alpha value is -0.200. The molecule has 1 N–H and O–H groups in total. The molecular formula is C15H28N2S. The van der Waals surface area contributed by atoms with Crippen molar-refractivity contribution in [3.63, 3.8) is 0 Å². The highest BCUT2D eigenvalue weighted by molar-refractivity contribution is 7.99. The summed E-state index contributed by atoms with van der Waals surface area (Å²) >= 11 is 2.04. The third-order valence-electron chi connectivity index (χ3n) is 3.87. The van der Waals surface area contributed by atoms with Crippen molar-refractivity contribution in [1.82, 2.24) is 5.32 Å². The van der Waals surface area contributed by atoms with Gasteiger partial charge in [-0.1, -0.05) is 27.2 Å². The number of nitrogens with zero attached hydrogens (tertiary/aromatic N) is 1. The molecule has 2 atom stereocenters. The number of nitriles is 1. The van der Waals surface area contributed by atoms with Crippen molar-refractivity contribution < 1.29 is 0 Å². The van der Waals surface area contributed by atoms with Gasteiger partial charge in [-0.3, -0.25) is 5.32 Å². The average Bonchev–Trinajstić information content (AvgIpc) is 3.20. The number of rotatable bonds is 10. The van der Waals surface area contributed by atoms with Crippen LogP contribution in [0.3, 0.4) is 0 Å². The first-order valence-corrected chi connectivity index (χ1v) is 8.58. The molecule has 0 spiro atoms. The molecule has 1 fully saturated rings. The Labute approximate surface area is 117 Å². The van der Waals surface area contributed by atoms with Crippen molar-refractivity contribution in [1.29, 1.82) is 5.26 Å². The molecule has 1 rings (SSSR count). The Bertz CT molecular complexity index is 270. The number of hydrogen-bond acceptors (Lipinski definition) is 3. The molecule has 0 saturated heterocycles. The quantitative estimate of drug-likeness (QED) is 0.609. The molecule has 104 valence electrons. The highest BCUT2D eigenvalue weighted by atomic mass is 32.2. The van der Waals surface area contributed by atoms with Crippen LogP contribution in [0.4, 0.5) is 0 Å². The summed E-state index contributed by atoms with van der Waals surface area (Å²) in [6.45, 7) is 6.70. The minimum absolute atomic E-state index is 0.252. The molecule has 1 saturated carbocycles. The third kappa shape index (κ3) is 5.63. The third-order valence-corrected chi connectivity index (χ3v) is 5.25. The van der Waals surface area contributed by atoms with Crippen LogP contribution in [0, 0.1) is 17.2 Å². The fraction of sp³-hybridized carbons (Fsp3) is 0.933. The second kappa shape index (κ2) is 8.07. The van der Waals surface area contributed by atoms with E-state index < -0.39 is 0 Å². The maximum atomic E-state index is 9.42. The standard InChI is InChI=1S/C15H28N2S/c1-4-13(3)11-18-10-6-9-15(5-2,12-16)17-14-7-8-14/h13-14,17H,4-11H2,1-3H3. The highest BCUT2D eigenvalue weighted by Gasteiger charge is 2.34. The van der Waals surface area contributed by atoms with E-state index in [4.69, 9.17) is 0 Å². The summed E-state index contributed by atoms with van der Waals surface area (Å²) < 4.78 is 0. The predicted octanol–water partition coefficient (Wildman–Crippen LogP) is 3.97. The van der Waals surface area contributed by atoms with E-state index in [0.29, 0.717) is 6.04 Å². The first-order valence-electron chi connectivity index (χ1n) is 7.42. The first-order chi connectivity index (χ1) is 8.65. The molecule has 0 aromatic heterocycles. The van der Waals surface area contributed by atoms with E-state index in [1.165, 1.54) is 30.8 Å². The van der Waals surface area contributed by atoms with Crippen LogP contribution in [0.5, 0.6) is 0 Å². The molecule has 0 aromatic rings. The van der Waals surface area contributed by atoms with Gasteiger partial charge in [0.25, 0.3) is 0 Å². The fourth-order valence-corrected chi connectivity index (χ4v) is 3.17. The summed E-state index contributed by atoms with van der Waals surface area (Å²) in [7, 11) is 0. The Kier molecular flexibility index (Phi) is 7.11. The SMILES string of the molecule is CCC(C)CSCCCC(C#N)(CC)NC1CC1. The van der Waals surface area contributed by atoms with E-state index in [1.54, 1.807) is 0 Å². The van der Waals surface area contributed by atoms with Gasteiger partial charge in [0, 0.05) is 6.04 Å². The van der Waals surface area contributed by atoms with Crippen LogP contribution in [0.15, 0.2) is 0 Å². The molecule has 0 amide bonds. The first kappa shape index (κ1) is 15.9. The van der Waals surface area contributed by atoms with Crippen LogP contribution in [-0.2, 0) is 0 Å². The Morgan fingerprint density at radius 1 is 1.44 bits per heavy atom. The van der Waals surface area contributed by atoms with Crippen molar-refractivity contribution in [3.8, 4) is 6.07 Å². The lowest BCUT2D eigenvalue weighted by Gasteiger charge is -2.26. The molecule has 0 radical (unpaired) electrons. The zero-order valence-electron chi connectivity index (χ0n) is 12.2. The van der Waals surface area contributed by atoms with Gasteiger partial charge in [0.1, 0.15) is 5.54 Å². The van der Waals surface area contributed by atoms with Gasteiger partial charge < -0.3 is 0 Å². The van der Waals surface area contributed by atoms with Crippen LogP contribution in [0.1, 0.15) is 59.3 Å². The van der Waals surface area contributed by atoms with Crippen molar-refractivity contribution in [2.24, 2.45) is 5.92 Å². The van der Waals surface area contributed by atoms with Crippen LogP contribution in [0.25, 0.3) is 0 Å². The highest BCUT2D eigenvalue weighted by Crippen LogP contribution is 2.27.